The zero-order chi connectivity index (χ0) is 20.2. The van der Waals surface area contributed by atoms with Crippen LogP contribution in [0.25, 0.3) is 0 Å². The van der Waals surface area contributed by atoms with Crippen molar-refractivity contribution in [2.75, 3.05) is 5.32 Å². The molecule has 0 radical (unpaired) electrons. The molecule has 0 bridgehead atoms. The van der Waals surface area contributed by atoms with Crippen molar-refractivity contribution in [2.45, 2.75) is 45.1 Å². The number of halogens is 1. The fourth-order valence-electron chi connectivity index (χ4n) is 2.60. The first-order chi connectivity index (χ1) is 12.6. The van der Waals surface area contributed by atoms with Gasteiger partial charge in [0.1, 0.15) is 6.04 Å². The monoisotopic (exact) mass is 408 g/mol. The van der Waals surface area contributed by atoms with E-state index in [1.165, 1.54) is 12.1 Å². The highest BCUT2D eigenvalue weighted by Gasteiger charge is 2.27. The van der Waals surface area contributed by atoms with E-state index < -0.39 is 22.0 Å². The topological polar surface area (TPSA) is 75.3 Å². The summed E-state index contributed by atoms with van der Waals surface area (Å²) in [4.78, 5) is 12.9. The summed E-state index contributed by atoms with van der Waals surface area (Å²) < 4.78 is 27.9. The van der Waals surface area contributed by atoms with Crippen LogP contribution in [0.5, 0.6) is 0 Å². The third-order valence-electron chi connectivity index (χ3n) is 4.11. The molecule has 0 saturated heterocycles. The molecule has 0 aliphatic heterocycles. The molecule has 0 spiro atoms. The van der Waals surface area contributed by atoms with Crippen LogP contribution in [-0.2, 0) is 14.8 Å². The molecule has 2 aromatic carbocycles. The van der Waals surface area contributed by atoms with Gasteiger partial charge in [-0.15, -0.1) is 0 Å². The highest BCUT2D eigenvalue weighted by molar-refractivity contribution is 7.89. The Balaban J connectivity index is 2.24. The van der Waals surface area contributed by atoms with Gasteiger partial charge in [-0.2, -0.15) is 4.72 Å². The summed E-state index contributed by atoms with van der Waals surface area (Å²) in [5.41, 5.74) is 2.37. The molecule has 0 aliphatic rings. The van der Waals surface area contributed by atoms with Gasteiger partial charge in [0.25, 0.3) is 0 Å². The van der Waals surface area contributed by atoms with Crippen molar-refractivity contribution in [1.29, 1.82) is 0 Å². The maximum Gasteiger partial charge on any atom is 0.242 e. The van der Waals surface area contributed by atoms with E-state index in [2.05, 4.69) is 10.0 Å². The Morgan fingerprint density at radius 2 is 1.70 bits per heavy atom. The molecule has 0 fully saturated rings. The summed E-state index contributed by atoms with van der Waals surface area (Å²) in [6.45, 7) is 7.60. The molecule has 0 saturated carbocycles. The molecular formula is C20H25ClN2O3S. The van der Waals surface area contributed by atoms with Gasteiger partial charge in [-0.1, -0.05) is 49.2 Å². The Morgan fingerprint density at radius 1 is 1.07 bits per heavy atom. The fraction of sp³-hybridized carbons (Fsp3) is 0.350. The van der Waals surface area contributed by atoms with Gasteiger partial charge in [0.2, 0.25) is 15.9 Å². The van der Waals surface area contributed by atoms with Gasteiger partial charge in [-0.3, -0.25) is 4.79 Å². The van der Waals surface area contributed by atoms with E-state index in [0.717, 1.165) is 11.1 Å². The summed E-state index contributed by atoms with van der Waals surface area (Å²) >= 11 is 6.00. The minimum absolute atomic E-state index is 0.127. The minimum Gasteiger partial charge on any atom is -0.324 e. The van der Waals surface area contributed by atoms with Crippen molar-refractivity contribution in [1.82, 2.24) is 4.72 Å². The lowest BCUT2D eigenvalue weighted by Gasteiger charge is -2.21. The van der Waals surface area contributed by atoms with Crippen molar-refractivity contribution in [3.63, 3.8) is 0 Å². The summed E-state index contributed by atoms with van der Waals surface area (Å²) in [5, 5.41) is 3.29. The number of amides is 1. The first-order valence-corrected chi connectivity index (χ1v) is 10.6. The van der Waals surface area contributed by atoms with Gasteiger partial charge in [-0.25, -0.2) is 8.42 Å². The van der Waals surface area contributed by atoms with Gasteiger partial charge in [-0.05, 0) is 56.0 Å². The highest BCUT2D eigenvalue weighted by atomic mass is 35.5. The van der Waals surface area contributed by atoms with E-state index in [4.69, 9.17) is 11.6 Å². The van der Waals surface area contributed by atoms with Gasteiger partial charge < -0.3 is 5.32 Å². The molecule has 1 unspecified atom stereocenters. The molecule has 0 aromatic heterocycles. The third-order valence-corrected chi connectivity index (χ3v) is 5.83. The lowest BCUT2D eigenvalue weighted by molar-refractivity contribution is -0.118. The van der Waals surface area contributed by atoms with Crippen molar-refractivity contribution >= 4 is 33.2 Å². The van der Waals surface area contributed by atoms with Gasteiger partial charge in [0.05, 0.1) is 4.90 Å². The predicted octanol–water partition coefficient (Wildman–Crippen LogP) is 4.29. The van der Waals surface area contributed by atoms with Crippen molar-refractivity contribution in [3.8, 4) is 0 Å². The van der Waals surface area contributed by atoms with Crippen LogP contribution in [-0.4, -0.2) is 20.4 Å². The first kappa shape index (κ1) is 21.4. The van der Waals surface area contributed by atoms with Crippen molar-refractivity contribution in [3.05, 3.63) is 58.6 Å². The highest BCUT2D eigenvalue weighted by Crippen LogP contribution is 2.21. The van der Waals surface area contributed by atoms with Crippen LogP contribution in [0.15, 0.2) is 47.4 Å². The lowest BCUT2D eigenvalue weighted by atomic mass is 10.0. The summed E-state index contributed by atoms with van der Waals surface area (Å²) in [7, 11) is -3.81. The SMILES string of the molecule is Cc1ccc(S(=O)(=O)NC(CC(C)C)C(=O)Nc2cc(Cl)ccc2C)cc1. The Bertz CT molecular complexity index is 909. The average molecular weight is 409 g/mol. The number of hydrogen-bond donors (Lipinski definition) is 2. The van der Waals surface area contributed by atoms with Crippen LogP contribution in [0, 0.1) is 19.8 Å². The molecule has 2 aromatic rings. The standard InChI is InChI=1S/C20H25ClN2O3S/c1-13(2)11-19(20(24)22-18-12-16(21)8-7-15(18)4)23-27(25,26)17-9-5-14(3)6-10-17/h5-10,12-13,19,23H,11H2,1-4H3,(H,22,24). The summed E-state index contributed by atoms with van der Waals surface area (Å²) in [6.07, 6.45) is 0.372. The molecule has 0 heterocycles. The Labute approximate surface area is 166 Å². The first-order valence-electron chi connectivity index (χ1n) is 8.74. The molecule has 1 amide bonds. The van der Waals surface area contributed by atoms with Crippen LogP contribution in [0.1, 0.15) is 31.4 Å². The maximum atomic E-state index is 12.8. The Hall–Kier alpha value is -1.89. The number of nitrogens with one attached hydrogen (secondary N) is 2. The van der Waals surface area contributed by atoms with E-state index in [9.17, 15) is 13.2 Å². The van der Waals surface area contributed by atoms with Crippen LogP contribution >= 0.6 is 11.6 Å². The number of carbonyl (C=O) groups excluding carboxylic acids is 1. The zero-order valence-corrected chi connectivity index (χ0v) is 17.5. The summed E-state index contributed by atoms with van der Waals surface area (Å²) in [6, 6.07) is 10.8. The lowest BCUT2D eigenvalue weighted by Crippen LogP contribution is -2.44. The largest absolute Gasteiger partial charge is 0.324 e. The zero-order valence-electron chi connectivity index (χ0n) is 15.9. The van der Waals surface area contributed by atoms with Crippen LogP contribution in [0.4, 0.5) is 5.69 Å². The van der Waals surface area contributed by atoms with E-state index in [1.54, 1.807) is 30.3 Å². The molecule has 27 heavy (non-hydrogen) atoms. The molecule has 1 atom stereocenters. The van der Waals surface area contributed by atoms with Gasteiger partial charge in [0, 0.05) is 10.7 Å². The van der Waals surface area contributed by atoms with Crippen molar-refractivity contribution < 1.29 is 13.2 Å². The molecular weight excluding hydrogens is 384 g/mol. The Morgan fingerprint density at radius 3 is 2.30 bits per heavy atom. The second kappa shape index (κ2) is 8.87. The Kier molecular flexibility index (Phi) is 7.03. The molecule has 0 aliphatic carbocycles. The van der Waals surface area contributed by atoms with Gasteiger partial charge >= 0.3 is 0 Å². The fourth-order valence-corrected chi connectivity index (χ4v) is 3.98. The summed E-state index contributed by atoms with van der Waals surface area (Å²) in [5.74, 6) is -0.285. The predicted molar refractivity (Wildman–Crippen MR) is 110 cm³/mol. The van der Waals surface area contributed by atoms with E-state index in [-0.39, 0.29) is 10.8 Å². The van der Waals surface area contributed by atoms with Crippen LogP contribution < -0.4 is 10.0 Å². The maximum absolute atomic E-state index is 12.8. The number of carbonyl (C=O) groups is 1. The quantitative estimate of drug-likeness (QED) is 0.717. The molecule has 2 rings (SSSR count). The van der Waals surface area contributed by atoms with E-state index in [0.29, 0.717) is 17.1 Å². The second-order valence-electron chi connectivity index (χ2n) is 7.06. The number of sulfonamides is 1. The van der Waals surface area contributed by atoms with Crippen LogP contribution in [0.2, 0.25) is 5.02 Å². The molecule has 2 N–H and O–H groups in total. The molecule has 146 valence electrons. The number of aryl methyl sites for hydroxylation is 2. The van der Waals surface area contributed by atoms with Gasteiger partial charge in [0.15, 0.2) is 0 Å². The third kappa shape index (κ3) is 6.06. The normalized spacial score (nSPS) is 12.8. The minimum atomic E-state index is -3.81. The molecule has 5 nitrogen and oxygen atoms in total. The number of rotatable bonds is 7. The number of benzene rings is 2. The van der Waals surface area contributed by atoms with Crippen LogP contribution in [0.3, 0.4) is 0 Å². The smallest absolute Gasteiger partial charge is 0.242 e. The number of anilines is 1. The average Bonchev–Trinajstić information content (AvgIpc) is 2.57. The second-order valence-corrected chi connectivity index (χ2v) is 9.22. The van der Waals surface area contributed by atoms with Crippen molar-refractivity contribution in [2.24, 2.45) is 5.92 Å². The molecule has 7 heteroatoms. The van der Waals surface area contributed by atoms with E-state index >= 15 is 0 Å². The number of hydrogen-bond acceptors (Lipinski definition) is 3. The van der Waals surface area contributed by atoms with E-state index in [1.807, 2.05) is 27.7 Å².